The van der Waals surface area contributed by atoms with Crippen molar-refractivity contribution in [3.05, 3.63) is 24.3 Å². The highest BCUT2D eigenvalue weighted by Crippen LogP contribution is 2.09. The lowest BCUT2D eigenvalue weighted by Crippen LogP contribution is -2.39. The fourth-order valence-corrected chi connectivity index (χ4v) is 0.744. The van der Waals surface area contributed by atoms with Crippen LogP contribution in [-0.2, 0) is 9.59 Å². The quantitative estimate of drug-likeness (QED) is 0.293. The van der Waals surface area contributed by atoms with Crippen molar-refractivity contribution in [2.45, 2.75) is 12.2 Å². The minimum Gasteiger partial charge on any atom is -0.508 e. The third kappa shape index (κ3) is 5.68. The number of nitrogen functional groups attached to an aromatic ring is 1. The Bertz CT molecular complexity index is 364. The number of hydrogen-bond acceptors (Lipinski definition) is 6. The van der Waals surface area contributed by atoms with Crippen LogP contribution in [0.4, 0.5) is 5.69 Å². The first-order valence-electron chi connectivity index (χ1n) is 4.62. The molecule has 0 spiro atoms. The molecule has 0 aliphatic rings. The molecular formula is C10H13NO7. The zero-order valence-electron chi connectivity index (χ0n) is 9.09. The van der Waals surface area contributed by atoms with E-state index < -0.39 is 24.1 Å². The summed E-state index contributed by atoms with van der Waals surface area (Å²) in [6.45, 7) is 0. The van der Waals surface area contributed by atoms with Gasteiger partial charge in [0.25, 0.3) is 0 Å². The van der Waals surface area contributed by atoms with Crippen molar-refractivity contribution in [1.29, 1.82) is 0 Å². The fourth-order valence-electron chi connectivity index (χ4n) is 0.744. The average molecular weight is 259 g/mol. The van der Waals surface area contributed by atoms with Gasteiger partial charge in [-0.3, -0.25) is 0 Å². The summed E-state index contributed by atoms with van der Waals surface area (Å²) in [6.07, 6.45) is -4.53. The fraction of sp³-hybridized carbons (Fsp3) is 0.200. The standard InChI is InChI=1S/C6H7NO.C4H6O6/c7-5-1-3-6(8)4-2-5;5-1(3(7)8)2(6)4(9)10/h1-4,8H,7H2;1-2,5-6H,(H,7,8)(H,9,10). The number of carboxylic acids is 2. The Kier molecular flexibility index (Phi) is 6.18. The van der Waals surface area contributed by atoms with Crippen molar-refractivity contribution in [1.82, 2.24) is 0 Å². The third-order valence-electron chi connectivity index (χ3n) is 1.70. The van der Waals surface area contributed by atoms with Gasteiger partial charge in [-0.2, -0.15) is 0 Å². The van der Waals surface area contributed by atoms with Gasteiger partial charge in [-0.25, -0.2) is 9.59 Å². The lowest BCUT2D eigenvalue weighted by atomic mass is 10.2. The van der Waals surface area contributed by atoms with Crippen LogP contribution in [0, 0.1) is 0 Å². The van der Waals surface area contributed by atoms with E-state index in [1.54, 1.807) is 24.3 Å². The largest absolute Gasteiger partial charge is 0.508 e. The molecule has 18 heavy (non-hydrogen) atoms. The molecule has 0 saturated carbocycles. The molecule has 0 aliphatic heterocycles. The first kappa shape index (κ1) is 15.7. The van der Waals surface area contributed by atoms with Crippen LogP contribution in [0.15, 0.2) is 24.3 Å². The second-order valence-electron chi connectivity index (χ2n) is 3.16. The average Bonchev–Trinajstić information content (AvgIpc) is 2.31. The topological polar surface area (TPSA) is 161 Å². The number of aliphatic hydroxyl groups is 2. The summed E-state index contributed by atoms with van der Waals surface area (Å²) in [5.41, 5.74) is 5.98. The zero-order chi connectivity index (χ0) is 14.3. The van der Waals surface area contributed by atoms with Gasteiger partial charge in [0.15, 0.2) is 12.2 Å². The number of anilines is 1. The van der Waals surface area contributed by atoms with Crippen LogP contribution in [-0.4, -0.2) is 49.7 Å². The van der Waals surface area contributed by atoms with Gasteiger partial charge >= 0.3 is 11.9 Å². The Labute approximate surface area is 102 Å². The monoisotopic (exact) mass is 259 g/mol. The van der Waals surface area contributed by atoms with E-state index >= 15 is 0 Å². The van der Waals surface area contributed by atoms with Crippen molar-refractivity contribution in [3.63, 3.8) is 0 Å². The van der Waals surface area contributed by atoms with Gasteiger partial charge in [0, 0.05) is 5.69 Å². The number of rotatable bonds is 3. The predicted octanol–water partition coefficient (Wildman–Crippen LogP) is -1.15. The summed E-state index contributed by atoms with van der Waals surface area (Å²) in [6, 6.07) is 6.40. The highest BCUT2D eigenvalue weighted by molar-refractivity contribution is 5.83. The molecule has 2 atom stereocenters. The highest BCUT2D eigenvalue weighted by Gasteiger charge is 2.29. The number of hydrogen-bond donors (Lipinski definition) is 6. The van der Waals surface area contributed by atoms with Crippen LogP contribution >= 0.6 is 0 Å². The number of aliphatic hydroxyl groups excluding tert-OH is 2. The van der Waals surface area contributed by atoms with Gasteiger partial charge in [0.1, 0.15) is 5.75 Å². The molecule has 0 saturated heterocycles. The van der Waals surface area contributed by atoms with E-state index in [9.17, 15) is 9.59 Å². The maximum absolute atomic E-state index is 9.77. The van der Waals surface area contributed by atoms with Crippen LogP contribution < -0.4 is 5.73 Å². The van der Waals surface area contributed by atoms with Crippen molar-refractivity contribution in [3.8, 4) is 5.75 Å². The van der Waals surface area contributed by atoms with Gasteiger partial charge in [-0.15, -0.1) is 0 Å². The number of benzene rings is 1. The van der Waals surface area contributed by atoms with Crippen molar-refractivity contribution in [2.24, 2.45) is 0 Å². The Hall–Kier alpha value is -2.32. The number of aliphatic carboxylic acids is 2. The first-order chi connectivity index (χ1) is 8.25. The molecule has 0 aliphatic carbocycles. The number of carboxylic acid groups (broad SMARTS) is 2. The van der Waals surface area contributed by atoms with E-state index in [1.807, 2.05) is 0 Å². The van der Waals surface area contributed by atoms with Crippen LogP contribution in [0.1, 0.15) is 0 Å². The molecule has 0 fully saturated rings. The van der Waals surface area contributed by atoms with E-state index in [0.717, 1.165) is 0 Å². The molecule has 8 heteroatoms. The van der Waals surface area contributed by atoms with Gasteiger partial charge in [-0.1, -0.05) is 0 Å². The molecular weight excluding hydrogens is 246 g/mol. The van der Waals surface area contributed by atoms with E-state index in [-0.39, 0.29) is 5.75 Å². The van der Waals surface area contributed by atoms with Crippen LogP contribution in [0.5, 0.6) is 5.75 Å². The summed E-state index contributed by atoms with van der Waals surface area (Å²) in [5, 5.41) is 41.2. The van der Waals surface area contributed by atoms with Crippen LogP contribution in [0.25, 0.3) is 0 Å². The van der Waals surface area contributed by atoms with E-state index in [1.165, 1.54) is 0 Å². The molecule has 1 rings (SSSR count). The molecule has 0 aromatic heterocycles. The van der Waals surface area contributed by atoms with Crippen LogP contribution in [0.3, 0.4) is 0 Å². The third-order valence-corrected chi connectivity index (χ3v) is 1.70. The van der Waals surface area contributed by atoms with E-state index in [2.05, 4.69) is 0 Å². The minimum atomic E-state index is -2.27. The molecule has 0 radical (unpaired) electrons. The van der Waals surface area contributed by atoms with Gasteiger partial charge in [0.2, 0.25) is 0 Å². The molecule has 100 valence electrons. The number of phenolic OH excluding ortho intramolecular Hbond substituents is 1. The summed E-state index contributed by atoms with van der Waals surface area (Å²) < 4.78 is 0. The summed E-state index contributed by atoms with van der Waals surface area (Å²) >= 11 is 0. The normalized spacial score (nSPS) is 12.8. The summed E-state index contributed by atoms with van der Waals surface area (Å²) in [7, 11) is 0. The van der Waals surface area contributed by atoms with E-state index in [4.69, 9.17) is 31.3 Å². The number of carbonyl (C=O) groups is 2. The van der Waals surface area contributed by atoms with Crippen molar-refractivity contribution in [2.75, 3.05) is 5.73 Å². The van der Waals surface area contributed by atoms with Crippen molar-refractivity contribution >= 4 is 17.6 Å². The second kappa shape index (κ2) is 7.09. The lowest BCUT2D eigenvalue weighted by Gasteiger charge is -2.07. The summed E-state index contributed by atoms with van der Waals surface area (Å²) in [5.74, 6) is -3.29. The molecule has 7 N–H and O–H groups in total. The maximum atomic E-state index is 9.77. The smallest absolute Gasteiger partial charge is 0.335 e. The number of aromatic hydroxyl groups is 1. The number of phenols is 1. The second-order valence-corrected chi connectivity index (χ2v) is 3.16. The van der Waals surface area contributed by atoms with Crippen LogP contribution in [0.2, 0.25) is 0 Å². The van der Waals surface area contributed by atoms with E-state index in [0.29, 0.717) is 5.69 Å². The minimum absolute atomic E-state index is 0.249. The lowest BCUT2D eigenvalue weighted by molar-refractivity contribution is -0.165. The Morgan fingerprint density at radius 1 is 0.944 bits per heavy atom. The molecule has 0 bridgehead atoms. The molecule has 0 amide bonds. The molecule has 1 aromatic carbocycles. The van der Waals surface area contributed by atoms with Crippen molar-refractivity contribution < 1.29 is 35.1 Å². The molecule has 8 nitrogen and oxygen atoms in total. The Morgan fingerprint density at radius 2 is 1.28 bits per heavy atom. The zero-order valence-corrected chi connectivity index (χ0v) is 9.09. The Morgan fingerprint density at radius 3 is 1.50 bits per heavy atom. The highest BCUT2D eigenvalue weighted by atomic mass is 16.4. The predicted molar refractivity (Wildman–Crippen MR) is 59.8 cm³/mol. The summed E-state index contributed by atoms with van der Waals surface area (Å²) in [4.78, 5) is 19.5. The number of nitrogens with two attached hydrogens (primary N) is 1. The van der Waals surface area contributed by atoms with Gasteiger partial charge in [0.05, 0.1) is 0 Å². The van der Waals surface area contributed by atoms with Gasteiger partial charge < -0.3 is 31.3 Å². The SMILES string of the molecule is Nc1ccc(O)cc1.O=C(O)C(O)C(O)C(=O)O. The Balaban J connectivity index is 0.000000327. The molecule has 1 aromatic rings. The van der Waals surface area contributed by atoms with Gasteiger partial charge in [-0.05, 0) is 24.3 Å². The molecule has 0 heterocycles. The first-order valence-corrected chi connectivity index (χ1v) is 4.62. The molecule has 2 unspecified atom stereocenters. The maximum Gasteiger partial charge on any atom is 0.335 e.